The molecule has 8 heteroatoms. The number of halogens is 2. The molecule has 2 aromatic carbocycles. The van der Waals surface area contributed by atoms with Gasteiger partial charge in [-0.2, -0.15) is 0 Å². The second kappa shape index (κ2) is 7.85. The average molecular weight is 391 g/mol. The first-order valence-corrected chi connectivity index (χ1v) is 8.37. The van der Waals surface area contributed by atoms with Crippen molar-refractivity contribution >= 4 is 11.7 Å². The van der Waals surface area contributed by atoms with Gasteiger partial charge in [-0.05, 0) is 43.3 Å². The highest BCUT2D eigenvalue weighted by molar-refractivity contribution is 5.90. The minimum Gasteiger partial charge on any atom is -0.493 e. The molecular weight excluding hydrogens is 372 g/mol. The largest absolute Gasteiger partial charge is 0.493 e. The number of esters is 1. The minimum absolute atomic E-state index is 0.0133. The number of benzene rings is 2. The van der Waals surface area contributed by atoms with E-state index in [1.807, 2.05) is 0 Å². The van der Waals surface area contributed by atoms with Crippen molar-refractivity contribution in [1.82, 2.24) is 5.48 Å². The fourth-order valence-electron chi connectivity index (χ4n) is 2.74. The number of hydrogen-bond acceptors (Lipinski definition) is 6. The third-order valence-electron chi connectivity index (χ3n) is 4.17. The summed E-state index contributed by atoms with van der Waals surface area (Å²) in [6.45, 7) is 1.67. The Labute approximate surface area is 160 Å². The summed E-state index contributed by atoms with van der Waals surface area (Å²) in [5.74, 6) is -1.23. The van der Waals surface area contributed by atoms with Gasteiger partial charge in [0, 0.05) is 0 Å². The summed E-state index contributed by atoms with van der Waals surface area (Å²) >= 11 is 0. The second-order valence-electron chi connectivity index (χ2n) is 6.32. The number of carbonyl (C=O) groups excluding carboxylic acids is 1. The lowest BCUT2D eigenvalue weighted by atomic mass is 10.0. The molecule has 1 unspecified atom stereocenters. The van der Waals surface area contributed by atoms with Crippen molar-refractivity contribution in [2.24, 2.45) is 0 Å². The molecule has 1 atom stereocenters. The van der Waals surface area contributed by atoms with Crippen LogP contribution in [0.4, 0.5) is 8.78 Å². The first-order chi connectivity index (χ1) is 13.4. The number of methoxy groups -OCH3 is 2. The van der Waals surface area contributed by atoms with E-state index in [9.17, 15) is 13.6 Å². The molecule has 148 valence electrons. The highest BCUT2D eigenvalue weighted by Crippen LogP contribution is 2.32. The van der Waals surface area contributed by atoms with Crippen molar-refractivity contribution in [3.8, 4) is 11.5 Å². The normalized spacial score (nSPS) is 18.2. The molecule has 0 saturated carbocycles. The monoisotopic (exact) mass is 391 g/mol. The van der Waals surface area contributed by atoms with Gasteiger partial charge in [0.05, 0.1) is 31.0 Å². The van der Waals surface area contributed by atoms with Crippen molar-refractivity contribution < 1.29 is 32.6 Å². The standard InChI is InChI=1S/C20H19F2NO5/c1-20(10-15(23-28-20)18-13(21)5-4-6-14(18)22)11-27-17-9-12(19(24)26-3)7-8-16(17)25-2/h4-10,23H,11H2,1-3H3. The van der Waals surface area contributed by atoms with E-state index in [0.717, 1.165) is 12.1 Å². The SMILES string of the molecule is COC(=O)c1ccc(OC)c(OCC2(C)C=C(c3c(F)cccc3F)NO2)c1. The molecule has 0 aliphatic carbocycles. The van der Waals surface area contributed by atoms with Gasteiger partial charge in [0.25, 0.3) is 0 Å². The Balaban J connectivity index is 1.81. The van der Waals surface area contributed by atoms with Crippen molar-refractivity contribution in [2.45, 2.75) is 12.5 Å². The van der Waals surface area contributed by atoms with Gasteiger partial charge in [0.15, 0.2) is 11.5 Å². The molecule has 0 amide bonds. The Kier molecular flexibility index (Phi) is 5.51. The van der Waals surface area contributed by atoms with Gasteiger partial charge in [-0.3, -0.25) is 10.3 Å². The second-order valence-corrected chi connectivity index (χ2v) is 6.32. The van der Waals surface area contributed by atoms with Crippen LogP contribution in [0.15, 0.2) is 42.5 Å². The van der Waals surface area contributed by atoms with E-state index < -0.39 is 23.2 Å². The lowest BCUT2D eigenvalue weighted by molar-refractivity contribution is -0.0477. The number of carbonyl (C=O) groups is 1. The van der Waals surface area contributed by atoms with Crippen molar-refractivity contribution in [1.29, 1.82) is 0 Å². The topological polar surface area (TPSA) is 66.0 Å². The summed E-state index contributed by atoms with van der Waals surface area (Å²) in [7, 11) is 2.74. The van der Waals surface area contributed by atoms with Crippen LogP contribution in [0.25, 0.3) is 5.70 Å². The molecule has 0 aromatic heterocycles. The van der Waals surface area contributed by atoms with Gasteiger partial charge >= 0.3 is 5.97 Å². The van der Waals surface area contributed by atoms with Gasteiger partial charge in [0.2, 0.25) is 0 Å². The smallest absolute Gasteiger partial charge is 0.337 e. The summed E-state index contributed by atoms with van der Waals surface area (Å²) < 4.78 is 43.7. The number of hydrogen-bond donors (Lipinski definition) is 1. The Hall–Kier alpha value is -3.13. The summed E-state index contributed by atoms with van der Waals surface area (Å²) in [6, 6.07) is 8.22. The molecule has 0 fully saturated rings. The molecule has 1 aliphatic rings. The average Bonchev–Trinajstić information content (AvgIpc) is 3.07. The third-order valence-corrected chi connectivity index (χ3v) is 4.17. The summed E-state index contributed by atoms with van der Waals surface area (Å²) in [5.41, 5.74) is 1.77. The van der Waals surface area contributed by atoms with E-state index in [1.54, 1.807) is 19.1 Å². The van der Waals surface area contributed by atoms with Crippen LogP contribution >= 0.6 is 0 Å². The summed E-state index contributed by atoms with van der Waals surface area (Å²) in [6.07, 6.45) is 1.53. The van der Waals surface area contributed by atoms with E-state index in [2.05, 4.69) is 5.48 Å². The van der Waals surface area contributed by atoms with Crippen molar-refractivity contribution in [3.05, 3.63) is 65.2 Å². The fourth-order valence-corrected chi connectivity index (χ4v) is 2.74. The van der Waals surface area contributed by atoms with E-state index in [4.69, 9.17) is 19.0 Å². The molecule has 2 aromatic rings. The highest BCUT2D eigenvalue weighted by atomic mass is 19.1. The fraction of sp³-hybridized carbons (Fsp3) is 0.250. The molecule has 1 aliphatic heterocycles. The lowest BCUT2D eigenvalue weighted by Gasteiger charge is -2.21. The van der Waals surface area contributed by atoms with Gasteiger partial charge in [0.1, 0.15) is 23.8 Å². The van der Waals surface area contributed by atoms with Gasteiger partial charge in [-0.1, -0.05) is 6.07 Å². The molecular formula is C20H19F2NO5. The maximum atomic E-state index is 14.0. The van der Waals surface area contributed by atoms with E-state index in [-0.39, 0.29) is 17.9 Å². The zero-order chi connectivity index (χ0) is 20.3. The summed E-state index contributed by atoms with van der Waals surface area (Å²) in [4.78, 5) is 17.2. The van der Waals surface area contributed by atoms with E-state index in [1.165, 1.54) is 32.4 Å². The molecule has 6 nitrogen and oxygen atoms in total. The molecule has 0 bridgehead atoms. The third kappa shape index (κ3) is 3.91. The zero-order valence-electron chi connectivity index (χ0n) is 15.5. The summed E-state index contributed by atoms with van der Waals surface area (Å²) in [5, 5.41) is 0. The van der Waals surface area contributed by atoms with Crippen LogP contribution in [0.1, 0.15) is 22.8 Å². The molecule has 1 heterocycles. The predicted molar refractivity (Wildman–Crippen MR) is 96.8 cm³/mol. The Bertz CT molecular complexity index is 911. The maximum Gasteiger partial charge on any atom is 0.337 e. The number of ether oxygens (including phenoxy) is 3. The van der Waals surface area contributed by atoms with Crippen LogP contribution in [-0.2, 0) is 9.57 Å². The molecule has 28 heavy (non-hydrogen) atoms. The van der Waals surface area contributed by atoms with Crippen LogP contribution < -0.4 is 15.0 Å². The molecule has 3 rings (SSSR count). The minimum atomic E-state index is -1.02. The Morgan fingerprint density at radius 3 is 2.50 bits per heavy atom. The number of hydroxylamine groups is 1. The maximum absolute atomic E-state index is 14.0. The molecule has 0 spiro atoms. The number of rotatable bonds is 6. The highest BCUT2D eigenvalue weighted by Gasteiger charge is 2.33. The van der Waals surface area contributed by atoms with Crippen LogP contribution in [0.2, 0.25) is 0 Å². The van der Waals surface area contributed by atoms with Crippen molar-refractivity contribution in [3.63, 3.8) is 0 Å². The van der Waals surface area contributed by atoms with E-state index >= 15 is 0 Å². The van der Waals surface area contributed by atoms with Gasteiger partial charge in [-0.25, -0.2) is 13.6 Å². The number of nitrogens with one attached hydrogen (secondary N) is 1. The Morgan fingerprint density at radius 1 is 1.14 bits per heavy atom. The zero-order valence-corrected chi connectivity index (χ0v) is 15.5. The van der Waals surface area contributed by atoms with Gasteiger partial charge < -0.3 is 14.2 Å². The lowest BCUT2D eigenvalue weighted by Crippen LogP contribution is -2.33. The van der Waals surface area contributed by atoms with Crippen LogP contribution in [0.3, 0.4) is 0 Å². The Morgan fingerprint density at radius 2 is 1.86 bits per heavy atom. The van der Waals surface area contributed by atoms with E-state index in [0.29, 0.717) is 17.1 Å². The van der Waals surface area contributed by atoms with Crippen molar-refractivity contribution in [2.75, 3.05) is 20.8 Å². The van der Waals surface area contributed by atoms with Gasteiger partial charge in [-0.15, -0.1) is 0 Å². The molecule has 0 radical (unpaired) electrons. The van der Waals surface area contributed by atoms with Crippen LogP contribution in [0, 0.1) is 11.6 Å². The first kappa shape index (κ1) is 19.6. The van der Waals surface area contributed by atoms with Crippen LogP contribution in [0.5, 0.6) is 11.5 Å². The quantitative estimate of drug-likeness (QED) is 0.761. The van der Waals surface area contributed by atoms with Crippen LogP contribution in [-0.4, -0.2) is 32.4 Å². The first-order valence-electron chi connectivity index (χ1n) is 8.37. The molecule has 0 saturated heterocycles. The predicted octanol–water partition coefficient (Wildman–Crippen LogP) is 3.47. The molecule has 1 N–H and O–H groups in total.